The first kappa shape index (κ1) is 15.7. The molecule has 0 atom stereocenters. The lowest BCUT2D eigenvalue weighted by atomic mass is 10.1. The Morgan fingerprint density at radius 2 is 2.09 bits per heavy atom. The molecule has 0 spiro atoms. The number of carbonyl (C=O) groups excluding carboxylic acids is 1. The van der Waals surface area contributed by atoms with E-state index in [1.807, 2.05) is 32.0 Å². The zero-order chi connectivity index (χ0) is 16.3. The average Bonchev–Trinajstić information content (AvgIpc) is 2.83. The van der Waals surface area contributed by atoms with Crippen LogP contribution in [0.25, 0.3) is 0 Å². The summed E-state index contributed by atoms with van der Waals surface area (Å²) in [6.45, 7) is 5.96. The maximum absolute atomic E-state index is 12.0. The molecule has 0 aliphatic rings. The van der Waals surface area contributed by atoms with Crippen molar-refractivity contribution in [1.82, 2.24) is 9.78 Å². The van der Waals surface area contributed by atoms with E-state index in [2.05, 4.69) is 10.4 Å². The smallest absolute Gasteiger partial charge is 0.358 e. The van der Waals surface area contributed by atoms with Crippen LogP contribution < -0.4 is 5.32 Å². The van der Waals surface area contributed by atoms with Crippen LogP contribution in [0, 0.1) is 30.9 Å². The number of aromatic nitrogens is 2. The summed E-state index contributed by atoms with van der Waals surface area (Å²) in [7, 11) is 0. The van der Waals surface area contributed by atoms with Gasteiger partial charge < -0.3 is 15.4 Å². The molecule has 0 fully saturated rings. The van der Waals surface area contributed by atoms with Crippen LogP contribution in [0.3, 0.4) is 0 Å². The molecular weight excluding hydrogens is 284 g/mol. The van der Waals surface area contributed by atoms with Crippen LogP contribution in [0.5, 0.6) is 0 Å². The lowest BCUT2D eigenvalue weighted by Gasteiger charge is -2.10. The maximum atomic E-state index is 12.0. The molecule has 0 saturated heterocycles. The fourth-order valence-electron chi connectivity index (χ4n) is 2.11. The summed E-state index contributed by atoms with van der Waals surface area (Å²) < 4.78 is 1.47. The van der Waals surface area contributed by atoms with Gasteiger partial charge in [0.2, 0.25) is 5.91 Å². The van der Waals surface area contributed by atoms with Crippen molar-refractivity contribution in [3.8, 4) is 0 Å². The Morgan fingerprint density at radius 1 is 1.36 bits per heavy atom. The second-order valence-corrected chi connectivity index (χ2v) is 5.17. The molecule has 1 N–H and O–H groups in total. The molecule has 22 heavy (non-hydrogen) atoms. The molecule has 0 saturated carbocycles. The van der Waals surface area contributed by atoms with Gasteiger partial charge in [-0.05, 0) is 42.9 Å². The number of benzene rings is 1. The highest BCUT2D eigenvalue weighted by atomic mass is 16.6. The van der Waals surface area contributed by atoms with Crippen LogP contribution in [0.15, 0.2) is 24.3 Å². The molecule has 0 unspecified atom stereocenters. The largest absolute Gasteiger partial charge is 0.390 e. The van der Waals surface area contributed by atoms with Gasteiger partial charge in [-0.2, -0.15) is 4.68 Å². The fourth-order valence-corrected chi connectivity index (χ4v) is 2.11. The van der Waals surface area contributed by atoms with E-state index in [4.69, 9.17) is 0 Å². The molecule has 1 aromatic heterocycles. The molecular formula is C15H18N4O3. The van der Waals surface area contributed by atoms with Gasteiger partial charge in [0.25, 0.3) is 0 Å². The van der Waals surface area contributed by atoms with Crippen LogP contribution in [-0.2, 0) is 11.3 Å². The van der Waals surface area contributed by atoms with Crippen LogP contribution in [0.2, 0.25) is 0 Å². The number of carbonyl (C=O) groups is 1. The van der Waals surface area contributed by atoms with Gasteiger partial charge in [0.15, 0.2) is 0 Å². The zero-order valence-corrected chi connectivity index (χ0v) is 12.8. The van der Waals surface area contributed by atoms with Gasteiger partial charge in [-0.3, -0.25) is 4.79 Å². The van der Waals surface area contributed by atoms with Gasteiger partial charge in [-0.15, -0.1) is 0 Å². The molecule has 2 aromatic rings. The molecule has 0 aliphatic carbocycles. The molecule has 0 bridgehead atoms. The molecule has 0 aliphatic heterocycles. The van der Waals surface area contributed by atoms with Crippen molar-refractivity contribution in [1.29, 1.82) is 0 Å². The third kappa shape index (κ3) is 3.49. The van der Waals surface area contributed by atoms with E-state index < -0.39 is 4.92 Å². The number of nitrogens with zero attached hydrogens (tertiary/aromatic N) is 3. The molecule has 7 nitrogen and oxygen atoms in total. The molecule has 1 aromatic carbocycles. The monoisotopic (exact) mass is 302 g/mol. The van der Waals surface area contributed by atoms with Gasteiger partial charge in [0, 0.05) is 12.1 Å². The average molecular weight is 302 g/mol. The van der Waals surface area contributed by atoms with E-state index in [0.717, 1.165) is 16.8 Å². The van der Waals surface area contributed by atoms with Crippen LogP contribution >= 0.6 is 0 Å². The van der Waals surface area contributed by atoms with Crippen molar-refractivity contribution in [2.24, 2.45) is 0 Å². The number of rotatable bonds is 5. The van der Waals surface area contributed by atoms with Crippen molar-refractivity contribution >= 4 is 17.4 Å². The van der Waals surface area contributed by atoms with Crippen molar-refractivity contribution in [3.05, 3.63) is 51.2 Å². The lowest BCUT2D eigenvalue weighted by Crippen LogP contribution is -2.16. The zero-order valence-electron chi connectivity index (χ0n) is 12.8. The van der Waals surface area contributed by atoms with E-state index in [1.54, 1.807) is 6.92 Å². The Labute approximate surface area is 128 Å². The summed E-state index contributed by atoms with van der Waals surface area (Å²) in [6, 6.07) is 7.11. The van der Waals surface area contributed by atoms with Crippen molar-refractivity contribution in [2.75, 3.05) is 5.32 Å². The lowest BCUT2D eigenvalue weighted by molar-refractivity contribution is -0.389. The minimum atomic E-state index is -0.542. The maximum Gasteiger partial charge on any atom is 0.390 e. The molecule has 0 radical (unpaired) electrons. The molecule has 2 rings (SSSR count). The van der Waals surface area contributed by atoms with Crippen molar-refractivity contribution in [2.45, 2.75) is 33.7 Å². The Bertz CT molecular complexity index is 722. The van der Waals surface area contributed by atoms with E-state index in [-0.39, 0.29) is 18.1 Å². The predicted octanol–water partition coefficient (Wildman–Crippen LogP) is 2.75. The van der Waals surface area contributed by atoms with Gasteiger partial charge in [0.05, 0.1) is 23.4 Å². The minimum Gasteiger partial charge on any atom is -0.358 e. The van der Waals surface area contributed by atoms with Crippen molar-refractivity contribution < 1.29 is 9.72 Å². The molecule has 7 heteroatoms. The summed E-state index contributed by atoms with van der Waals surface area (Å²) in [5.74, 6) is -0.348. The summed E-state index contributed by atoms with van der Waals surface area (Å²) >= 11 is 0. The molecule has 116 valence electrons. The normalized spacial score (nSPS) is 10.5. The quantitative estimate of drug-likeness (QED) is 0.679. The third-order valence-electron chi connectivity index (χ3n) is 3.58. The van der Waals surface area contributed by atoms with Gasteiger partial charge in [-0.25, -0.2) is 0 Å². The highest BCUT2D eigenvalue weighted by molar-refractivity contribution is 5.91. The summed E-state index contributed by atoms with van der Waals surface area (Å²) in [6.07, 6.45) is 0.201. The number of nitrogens with one attached hydrogen (secondary N) is 1. The molecule has 1 heterocycles. The number of hydrogen-bond donors (Lipinski definition) is 1. The summed E-state index contributed by atoms with van der Waals surface area (Å²) in [4.78, 5) is 22.1. The summed E-state index contributed by atoms with van der Waals surface area (Å²) in [5.41, 5.74) is 3.58. The first-order chi connectivity index (χ1) is 10.4. The van der Waals surface area contributed by atoms with Crippen LogP contribution in [0.4, 0.5) is 11.5 Å². The van der Waals surface area contributed by atoms with E-state index >= 15 is 0 Å². The molecule has 1 amide bonds. The number of anilines is 1. The SMILES string of the molecule is Cc1cccc(NC(=O)CCn2nc([N+](=O)[O-])cc2C)c1C. The van der Waals surface area contributed by atoms with Gasteiger partial charge in [0.1, 0.15) is 0 Å². The van der Waals surface area contributed by atoms with E-state index in [0.29, 0.717) is 12.2 Å². The highest BCUT2D eigenvalue weighted by Gasteiger charge is 2.16. The van der Waals surface area contributed by atoms with Gasteiger partial charge >= 0.3 is 5.82 Å². The standard InChI is InChI=1S/C15H18N4O3/c1-10-5-4-6-13(12(10)3)16-15(20)7-8-18-11(2)9-14(17-18)19(21)22/h4-6,9H,7-8H2,1-3H3,(H,16,20). The predicted molar refractivity (Wildman–Crippen MR) is 82.8 cm³/mol. The first-order valence-electron chi connectivity index (χ1n) is 6.93. The number of aryl methyl sites for hydroxylation is 3. The Balaban J connectivity index is 1.98. The number of amides is 1. The fraction of sp³-hybridized carbons (Fsp3) is 0.333. The van der Waals surface area contributed by atoms with Crippen LogP contribution in [-0.4, -0.2) is 20.6 Å². The number of hydrogen-bond acceptors (Lipinski definition) is 4. The summed E-state index contributed by atoms with van der Waals surface area (Å²) in [5, 5.41) is 17.4. The highest BCUT2D eigenvalue weighted by Crippen LogP contribution is 2.18. The Hall–Kier alpha value is -2.70. The van der Waals surface area contributed by atoms with Gasteiger partial charge in [-0.1, -0.05) is 12.1 Å². The topological polar surface area (TPSA) is 90.1 Å². The first-order valence-corrected chi connectivity index (χ1v) is 6.93. The Kier molecular flexibility index (Phi) is 4.55. The van der Waals surface area contributed by atoms with Crippen molar-refractivity contribution in [3.63, 3.8) is 0 Å². The van der Waals surface area contributed by atoms with E-state index in [9.17, 15) is 14.9 Å². The van der Waals surface area contributed by atoms with E-state index in [1.165, 1.54) is 10.7 Å². The second kappa shape index (κ2) is 6.38. The Morgan fingerprint density at radius 3 is 2.73 bits per heavy atom. The number of nitro groups is 1. The third-order valence-corrected chi connectivity index (χ3v) is 3.58. The minimum absolute atomic E-state index is 0.147. The van der Waals surface area contributed by atoms with Crippen LogP contribution in [0.1, 0.15) is 23.2 Å². The second-order valence-electron chi connectivity index (χ2n) is 5.17.